The van der Waals surface area contributed by atoms with Crippen LogP contribution in [0, 0.1) is 5.41 Å². The van der Waals surface area contributed by atoms with Crippen LogP contribution in [0.4, 0.5) is 0 Å². The summed E-state index contributed by atoms with van der Waals surface area (Å²) in [6.07, 6.45) is 17.2. The molecule has 2 aliphatic heterocycles. The molecule has 1 amide bonds. The summed E-state index contributed by atoms with van der Waals surface area (Å²) in [5, 5.41) is 7.58. The molecule has 1 unspecified atom stereocenters. The van der Waals surface area contributed by atoms with Gasteiger partial charge in [0.25, 0.3) is 0 Å². The standard InChI is InChI=1S/C27H34N2O2.C8H14N2S/c1-4-26-21(2)31-27(14-17-28(18-15-27)22(3)30)16-19-29(26)20-23-10-12-25(13-11-23)24-8-6-5-7-9-24;1-4-5-6(2)8(9)7(3)10-11/h4,6,8-13H,1,5,7,14-20H2,2-3H3;4-5,7,9-11H,1H2,2-3H3/b;6-5-,9-8?. The van der Waals surface area contributed by atoms with E-state index in [2.05, 4.69) is 85.0 Å². The highest BCUT2D eigenvalue weighted by Crippen LogP contribution is 2.37. The zero-order valence-electron chi connectivity index (χ0n) is 25.8. The Kier molecular flexibility index (Phi) is 12.5. The molecule has 0 bridgehead atoms. The number of nitrogens with zero attached hydrogens (tertiary/aromatic N) is 2. The van der Waals surface area contributed by atoms with Gasteiger partial charge >= 0.3 is 0 Å². The van der Waals surface area contributed by atoms with Gasteiger partial charge in [0.2, 0.25) is 5.91 Å². The highest BCUT2D eigenvalue weighted by molar-refractivity contribution is 7.78. The third-order valence-electron chi connectivity index (χ3n) is 8.30. The molecule has 1 spiro atoms. The molecular weight excluding hydrogens is 540 g/mol. The Bertz CT molecular complexity index is 1250. The summed E-state index contributed by atoms with van der Waals surface area (Å²) in [5.41, 5.74) is 6.25. The first-order chi connectivity index (χ1) is 20.1. The summed E-state index contributed by atoms with van der Waals surface area (Å²) in [6.45, 7) is 18.4. The molecule has 42 heavy (non-hydrogen) atoms. The van der Waals surface area contributed by atoms with Gasteiger partial charge in [-0.15, -0.1) is 0 Å². The van der Waals surface area contributed by atoms with Crippen molar-refractivity contribution < 1.29 is 9.53 Å². The lowest BCUT2D eigenvalue weighted by molar-refractivity contribution is -0.134. The molecule has 1 aliphatic carbocycles. The first-order valence-corrected chi connectivity index (χ1v) is 15.3. The van der Waals surface area contributed by atoms with Gasteiger partial charge in [-0.3, -0.25) is 9.52 Å². The van der Waals surface area contributed by atoms with E-state index in [0.717, 1.165) is 75.3 Å². The number of rotatable bonds is 8. The second-order valence-electron chi connectivity index (χ2n) is 11.3. The maximum Gasteiger partial charge on any atom is 0.219 e. The van der Waals surface area contributed by atoms with Crippen LogP contribution in [0.25, 0.3) is 5.57 Å². The van der Waals surface area contributed by atoms with Gasteiger partial charge < -0.3 is 19.9 Å². The SMILES string of the molecule is C=C/C=C(/C)C(=N)C(C)NS.C=CC1=C(C)OC2(CCN(C(C)=O)CC2)CCN1Cc1ccc(C2=CCCC=C2)cc1. The van der Waals surface area contributed by atoms with Crippen molar-refractivity contribution in [1.29, 1.82) is 5.41 Å². The molecule has 1 fully saturated rings. The molecule has 0 saturated carbocycles. The van der Waals surface area contributed by atoms with Crippen molar-refractivity contribution in [2.45, 2.75) is 78.0 Å². The zero-order chi connectivity index (χ0) is 30.7. The van der Waals surface area contributed by atoms with Gasteiger partial charge in [-0.1, -0.05) is 80.6 Å². The molecule has 2 heterocycles. The van der Waals surface area contributed by atoms with Crippen molar-refractivity contribution in [2.75, 3.05) is 19.6 Å². The summed E-state index contributed by atoms with van der Waals surface area (Å²) in [5.74, 6) is 1.10. The molecule has 1 saturated heterocycles. The van der Waals surface area contributed by atoms with Gasteiger partial charge in [-0.2, -0.15) is 0 Å². The van der Waals surface area contributed by atoms with Gasteiger partial charge in [0.15, 0.2) is 0 Å². The number of carbonyl (C=O) groups excluding carboxylic acids is 1. The molecular formula is C35H48N4O2S. The number of ether oxygens (including phenoxy) is 1. The lowest BCUT2D eigenvalue weighted by Gasteiger charge is -2.41. The van der Waals surface area contributed by atoms with E-state index < -0.39 is 0 Å². The van der Waals surface area contributed by atoms with Crippen molar-refractivity contribution in [3.63, 3.8) is 0 Å². The minimum absolute atomic E-state index is 0.0190. The first-order valence-electron chi connectivity index (χ1n) is 14.9. The fourth-order valence-corrected chi connectivity index (χ4v) is 5.78. The number of amides is 1. The quantitative estimate of drug-likeness (QED) is 0.168. The molecule has 6 nitrogen and oxygen atoms in total. The highest BCUT2D eigenvalue weighted by Gasteiger charge is 2.39. The summed E-state index contributed by atoms with van der Waals surface area (Å²) in [6, 6.07) is 8.92. The summed E-state index contributed by atoms with van der Waals surface area (Å²) in [7, 11) is 0. The van der Waals surface area contributed by atoms with E-state index in [0.29, 0.717) is 5.71 Å². The molecule has 226 valence electrons. The zero-order valence-corrected chi connectivity index (χ0v) is 26.7. The van der Waals surface area contributed by atoms with Crippen LogP contribution >= 0.6 is 12.8 Å². The molecule has 0 aromatic heterocycles. The van der Waals surface area contributed by atoms with Crippen LogP contribution in [-0.4, -0.2) is 52.7 Å². The molecule has 1 aromatic carbocycles. The lowest BCUT2D eigenvalue weighted by atomic mass is 9.87. The van der Waals surface area contributed by atoms with Crippen LogP contribution in [0.2, 0.25) is 0 Å². The van der Waals surface area contributed by atoms with Crippen LogP contribution in [0.5, 0.6) is 0 Å². The first kappa shape index (κ1) is 33.2. The van der Waals surface area contributed by atoms with E-state index in [-0.39, 0.29) is 17.6 Å². The van der Waals surface area contributed by atoms with E-state index in [1.165, 1.54) is 16.7 Å². The minimum atomic E-state index is -0.178. The van der Waals surface area contributed by atoms with Crippen molar-refractivity contribution in [1.82, 2.24) is 14.5 Å². The number of allylic oxidation sites excluding steroid dienone is 8. The Hall–Kier alpha value is -3.29. The maximum atomic E-state index is 11.7. The number of piperidine rings is 1. The van der Waals surface area contributed by atoms with E-state index in [4.69, 9.17) is 10.1 Å². The predicted octanol–water partition coefficient (Wildman–Crippen LogP) is 7.40. The minimum Gasteiger partial charge on any atom is -0.490 e. The van der Waals surface area contributed by atoms with Crippen LogP contribution in [-0.2, 0) is 16.1 Å². The molecule has 3 aliphatic rings. The summed E-state index contributed by atoms with van der Waals surface area (Å²) < 4.78 is 9.25. The number of likely N-dealkylation sites (tertiary alicyclic amines) is 1. The number of nitrogens with one attached hydrogen (secondary N) is 2. The maximum absolute atomic E-state index is 11.7. The Labute approximate surface area is 258 Å². The van der Waals surface area contributed by atoms with Crippen molar-refractivity contribution in [3.8, 4) is 0 Å². The molecule has 0 radical (unpaired) electrons. The fraction of sp³-hybridized carbons (Fsp3) is 0.429. The molecule has 7 heteroatoms. The van der Waals surface area contributed by atoms with Crippen LogP contribution < -0.4 is 4.72 Å². The third kappa shape index (κ3) is 8.85. The number of thiol groups is 1. The average Bonchev–Trinajstić information content (AvgIpc) is 3.13. The van der Waals surface area contributed by atoms with E-state index >= 15 is 0 Å². The van der Waals surface area contributed by atoms with Gasteiger partial charge in [0.05, 0.1) is 17.5 Å². The van der Waals surface area contributed by atoms with E-state index in [1.807, 2.05) is 30.9 Å². The lowest BCUT2D eigenvalue weighted by Crippen LogP contribution is -2.47. The number of benzene rings is 1. The molecule has 1 aromatic rings. The number of hydrogen-bond donors (Lipinski definition) is 3. The van der Waals surface area contributed by atoms with Crippen molar-refractivity contribution >= 4 is 30.0 Å². The summed E-state index contributed by atoms with van der Waals surface area (Å²) >= 11 is 3.87. The number of carbonyl (C=O) groups is 1. The van der Waals surface area contributed by atoms with Crippen molar-refractivity contribution in [3.05, 3.63) is 102 Å². The van der Waals surface area contributed by atoms with E-state index in [9.17, 15) is 4.79 Å². The summed E-state index contributed by atoms with van der Waals surface area (Å²) in [4.78, 5) is 16.1. The molecule has 4 rings (SSSR count). The van der Waals surface area contributed by atoms with Gasteiger partial charge in [-0.05, 0) is 62.0 Å². The van der Waals surface area contributed by atoms with Crippen LogP contribution in [0.15, 0.2) is 90.9 Å². The second-order valence-corrected chi connectivity index (χ2v) is 11.6. The third-order valence-corrected chi connectivity index (χ3v) is 8.68. The van der Waals surface area contributed by atoms with Crippen molar-refractivity contribution in [2.24, 2.45) is 0 Å². The normalized spacial score (nSPS) is 19.2. The Morgan fingerprint density at radius 2 is 1.81 bits per heavy atom. The van der Waals surface area contributed by atoms with Gasteiger partial charge in [0.1, 0.15) is 11.4 Å². The Morgan fingerprint density at radius 3 is 2.36 bits per heavy atom. The Balaban J connectivity index is 0.000000375. The Morgan fingerprint density at radius 1 is 1.14 bits per heavy atom. The number of hydrogen-bond acceptors (Lipinski definition) is 6. The van der Waals surface area contributed by atoms with Gasteiger partial charge in [-0.25, -0.2) is 0 Å². The topological polar surface area (TPSA) is 68.7 Å². The predicted molar refractivity (Wildman–Crippen MR) is 179 cm³/mol. The monoisotopic (exact) mass is 588 g/mol. The molecule has 1 atom stereocenters. The van der Waals surface area contributed by atoms with E-state index in [1.54, 1.807) is 13.0 Å². The van der Waals surface area contributed by atoms with Gasteiger partial charge in [0, 0.05) is 52.4 Å². The smallest absolute Gasteiger partial charge is 0.219 e. The largest absolute Gasteiger partial charge is 0.490 e. The molecule has 2 N–H and O–H groups in total. The average molecular weight is 589 g/mol. The van der Waals surface area contributed by atoms with Crippen LogP contribution in [0.3, 0.4) is 0 Å². The highest BCUT2D eigenvalue weighted by atomic mass is 32.1. The fourth-order valence-electron chi connectivity index (χ4n) is 5.65. The second kappa shape index (κ2) is 15.8. The van der Waals surface area contributed by atoms with Crippen LogP contribution in [0.1, 0.15) is 70.9 Å².